The number of esters is 1. The van der Waals surface area contributed by atoms with Gasteiger partial charge >= 0.3 is 5.97 Å². The maximum absolute atomic E-state index is 11.7. The Balaban J connectivity index is 0.00000484. The van der Waals surface area contributed by atoms with E-state index < -0.39 is 0 Å². The van der Waals surface area contributed by atoms with Crippen LogP contribution in [-0.2, 0) is 14.3 Å². The van der Waals surface area contributed by atoms with Crippen molar-refractivity contribution in [3.63, 3.8) is 0 Å². The summed E-state index contributed by atoms with van der Waals surface area (Å²) in [6, 6.07) is 0.145. The summed E-state index contributed by atoms with van der Waals surface area (Å²) in [7, 11) is 3.12. The molecule has 1 aliphatic rings. The molecular formula is C15H29IN4O3. The van der Waals surface area contributed by atoms with Crippen LogP contribution in [0, 0.1) is 11.8 Å². The summed E-state index contributed by atoms with van der Waals surface area (Å²) in [5.74, 6) is 0.639. The van der Waals surface area contributed by atoms with E-state index in [-0.39, 0.29) is 53.7 Å². The molecule has 1 fully saturated rings. The molecule has 1 amide bonds. The van der Waals surface area contributed by atoms with E-state index in [2.05, 4.69) is 15.6 Å². The van der Waals surface area contributed by atoms with Crippen LogP contribution in [-0.4, -0.2) is 62.6 Å². The first-order valence-corrected chi connectivity index (χ1v) is 7.71. The highest BCUT2D eigenvalue weighted by atomic mass is 127. The summed E-state index contributed by atoms with van der Waals surface area (Å²) in [5, 5.41) is 6.02. The molecule has 2 unspecified atom stereocenters. The van der Waals surface area contributed by atoms with Gasteiger partial charge in [-0.2, -0.15) is 0 Å². The predicted octanol–water partition coefficient (Wildman–Crippen LogP) is 0.835. The molecule has 23 heavy (non-hydrogen) atoms. The van der Waals surface area contributed by atoms with Crippen molar-refractivity contribution in [2.75, 3.05) is 33.8 Å². The molecule has 1 rings (SSSR count). The second kappa shape index (κ2) is 10.7. The predicted molar refractivity (Wildman–Crippen MR) is 101 cm³/mol. The van der Waals surface area contributed by atoms with E-state index in [1.807, 2.05) is 25.7 Å². The van der Waals surface area contributed by atoms with Crippen LogP contribution in [0.1, 0.15) is 27.2 Å². The van der Waals surface area contributed by atoms with Gasteiger partial charge in [-0.25, -0.2) is 0 Å². The minimum atomic E-state index is -0.179. The summed E-state index contributed by atoms with van der Waals surface area (Å²) in [6.07, 6.45) is 0.390. The van der Waals surface area contributed by atoms with Crippen LogP contribution in [0.15, 0.2) is 4.99 Å². The quantitative estimate of drug-likeness (QED) is 0.287. The minimum Gasteiger partial charge on any atom is -0.469 e. The number of methoxy groups -OCH3 is 1. The van der Waals surface area contributed by atoms with Gasteiger partial charge in [-0.05, 0) is 19.8 Å². The maximum Gasteiger partial charge on any atom is 0.310 e. The Morgan fingerprint density at radius 3 is 2.52 bits per heavy atom. The summed E-state index contributed by atoms with van der Waals surface area (Å²) >= 11 is 0. The Morgan fingerprint density at radius 2 is 2.00 bits per heavy atom. The first-order chi connectivity index (χ1) is 10.4. The zero-order valence-electron chi connectivity index (χ0n) is 14.6. The second-order valence-electron chi connectivity index (χ2n) is 5.96. The highest BCUT2D eigenvalue weighted by Crippen LogP contribution is 2.23. The molecule has 134 valence electrons. The number of likely N-dealkylation sites (tertiary alicyclic amines) is 1. The van der Waals surface area contributed by atoms with Crippen LogP contribution in [0.3, 0.4) is 0 Å². The Kier molecular flexibility index (Phi) is 10.2. The zero-order chi connectivity index (χ0) is 16.7. The third-order valence-corrected chi connectivity index (χ3v) is 3.71. The number of halogens is 1. The van der Waals surface area contributed by atoms with Gasteiger partial charge in [-0.1, -0.05) is 6.92 Å². The van der Waals surface area contributed by atoms with E-state index in [0.717, 1.165) is 12.5 Å². The monoisotopic (exact) mass is 440 g/mol. The summed E-state index contributed by atoms with van der Waals surface area (Å²) in [5.41, 5.74) is 0. The normalized spacial score (nSPS) is 21.0. The van der Waals surface area contributed by atoms with Crippen LogP contribution in [0.2, 0.25) is 0 Å². The second-order valence-corrected chi connectivity index (χ2v) is 5.96. The number of hydrogen-bond acceptors (Lipinski definition) is 4. The molecule has 2 atom stereocenters. The fourth-order valence-electron chi connectivity index (χ4n) is 2.61. The number of carbonyl (C=O) groups is 2. The van der Waals surface area contributed by atoms with E-state index >= 15 is 0 Å². The molecule has 0 spiro atoms. The molecule has 0 aromatic carbocycles. The van der Waals surface area contributed by atoms with Gasteiger partial charge in [-0.3, -0.25) is 14.6 Å². The van der Waals surface area contributed by atoms with Gasteiger partial charge in [0.2, 0.25) is 5.91 Å². The molecular weight excluding hydrogens is 411 g/mol. The third-order valence-electron chi connectivity index (χ3n) is 3.71. The molecule has 0 aromatic heterocycles. The molecule has 1 saturated heterocycles. The van der Waals surface area contributed by atoms with E-state index in [0.29, 0.717) is 19.5 Å². The van der Waals surface area contributed by atoms with Crippen LogP contribution >= 0.6 is 24.0 Å². The molecule has 0 aliphatic carbocycles. The van der Waals surface area contributed by atoms with Crippen molar-refractivity contribution in [1.29, 1.82) is 0 Å². The van der Waals surface area contributed by atoms with E-state index in [4.69, 9.17) is 4.74 Å². The number of amides is 1. The number of nitrogens with zero attached hydrogens (tertiary/aromatic N) is 2. The molecule has 2 N–H and O–H groups in total. The molecule has 1 heterocycles. The van der Waals surface area contributed by atoms with Gasteiger partial charge < -0.3 is 20.3 Å². The molecule has 0 aromatic rings. The van der Waals surface area contributed by atoms with Crippen molar-refractivity contribution < 1.29 is 14.3 Å². The van der Waals surface area contributed by atoms with Crippen molar-refractivity contribution in [3.8, 4) is 0 Å². The largest absolute Gasteiger partial charge is 0.469 e. The van der Waals surface area contributed by atoms with Gasteiger partial charge in [-0.15, -0.1) is 24.0 Å². The molecule has 0 radical (unpaired) electrons. The Labute approximate surface area is 155 Å². The van der Waals surface area contributed by atoms with Gasteiger partial charge in [0.1, 0.15) is 0 Å². The lowest BCUT2D eigenvalue weighted by Crippen LogP contribution is -2.42. The molecule has 1 aliphatic heterocycles. The smallest absolute Gasteiger partial charge is 0.310 e. The number of rotatable bonds is 5. The fourth-order valence-corrected chi connectivity index (χ4v) is 2.61. The Morgan fingerprint density at radius 1 is 1.35 bits per heavy atom. The van der Waals surface area contributed by atoms with E-state index in [9.17, 15) is 9.59 Å². The van der Waals surface area contributed by atoms with Crippen molar-refractivity contribution in [3.05, 3.63) is 0 Å². The number of nitrogens with one attached hydrogen (secondary N) is 2. The highest BCUT2D eigenvalue weighted by molar-refractivity contribution is 14.0. The van der Waals surface area contributed by atoms with Gasteiger partial charge in [0, 0.05) is 39.1 Å². The average molecular weight is 440 g/mol. The topological polar surface area (TPSA) is 83.0 Å². The lowest BCUT2D eigenvalue weighted by molar-refractivity contribution is -0.146. The number of ether oxygens (including phenoxy) is 1. The standard InChI is InChI=1S/C15H28N4O3.HI/c1-10(2)18-13(20)6-7-17-15(16-4)19-8-11(3)12(9-19)14(21)22-5;/h10-12H,6-9H2,1-5H3,(H,16,17)(H,18,20);1H. The van der Waals surface area contributed by atoms with Crippen LogP contribution in [0.25, 0.3) is 0 Å². The first kappa shape index (κ1) is 21.9. The number of guanidine groups is 1. The van der Waals surface area contributed by atoms with Crippen LogP contribution in [0.4, 0.5) is 0 Å². The van der Waals surface area contributed by atoms with Crippen molar-refractivity contribution in [2.24, 2.45) is 16.8 Å². The van der Waals surface area contributed by atoms with Crippen molar-refractivity contribution in [1.82, 2.24) is 15.5 Å². The Bertz CT molecular complexity index is 429. The van der Waals surface area contributed by atoms with Crippen LogP contribution in [0.5, 0.6) is 0 Å². The summed E-state index contributed by atoms with van der Waals surface area (Å²) < 4.78 is 4.84. The van der Waals surface area contributed by atoms with Gasteiger partial charge in [0.05, 0.1) is 13.0 Å². The SMILES string of the molecule is CN=C(NCCC(=O)NC(C)C)N1CC(C)C(C(=O)OC)C1.I. The molecule has 0 saturated carbocycles. The van der Waals surface area contributed by atoms with Gasteiger partial charge in [0.15, 0.2) is 5.96 Å². The lowest BCUT2D eigenvalue weighted by atomic mass is 9.99. The van der Waals surface area contributed by atoms with E-state index in [1.165, 1.54) is 7.11 Å². The minimum absolute atomic E-state index is 0. The molecule has 0 bridgehead atoms. The van der Waals surface area contributed by atoms with Gasteiger partial charge in [0.25, 0.3) is 0 Å². The van der Waals surface area contributed by atoms with Crippen molar-refractivity contribution in [2.45, 2.75) is 33.2 Å². The van der Waals surface area contributed by atoms with E-state index in [1.54, 1.807) is 7.05 Å². The Hall–Kier alpha value is -1.06. The molecule has 7 nitrogen and oxygen atoms in total. The zero-order valence-corrected chi connectivity index (χ0v) is 16.9. The van der Waals surface area contributed by atoms with Crippen LogP contribution < -0.4 is 10.6 Å². The lowest BCUT2D eigenvalue weighted by Gasteiger charge is -2.21. The average Bonchev–Trinajstić information content (AvgIpc) is 2.83. The van der Waals surface area contributed by atoms with Crippen molar-refractivity contribution >= 4 is 41.8 Å². The number of carbonyl (C=O) groups excluding carboxylic acids is 2. The fraction of sp³-hybridized carbons (Fsp3) is 0.800. The summed E-state index contributed by atoms with van der Waals surface area (Å²) in [6.45, 7) is 7.75. The molecule has 8 heteroatoms. The maximum atomic E-state index is 11.7. The number of hydrogen-bond donors (Lipinski definition) is 2. The first-order valence-electron chi connectivity index (χ1n) is 7.71. The summed E-state index contributed by atoms with van der Waals surface area (Å²) in [4.78, 5) is 29.6. The highest BCUT2D eigenvalue weighted by Gasteiger charge is 2.36. The number of aliphatic imine (C=N–C) groups is 1. The third kappa shape index (κ3) is 6.92.